The van der Waals surface area contributed by atoms with Gasteiger partial charge in [-0.1, -0.05) is 6.07 Å². The van der Waals surface area contributed by atoms with Crippen molar-refractivity contribution in [3.05, 3.63) is 53.9 Å². The van der Waals surface area contributed by atoms with Crippen molar-refractivity contribution in [3.8, 4) is 0 Å². The molecule has 2 amide bonds. The Morgan fingerprint density at radius 1 is 1.25 bits per heavy atom. The number of likely N-dealkylation sites (tertiary alicyclic amines) is 1. The summed E-state index contributed by atoms with van der Waals surface area (Å²) < 4.78 is 19.6. The van der Waals surface area contributed by atoms with E-state index in [0.717, 1.165) is 18.5 Å². The van der Waals surface area contributed by atoms with Crippen molar-refractivity contribution in [3.63, 3.8) is 0 Å². The number of carbonyl (C=O) groups excluding carboxylic acids is 2. The minimum Gasteiger partial charge on any atom is -0.361 e. The number of ether oxygens (including phenoxy) is 1. The van der Waals surface area contributed by atoms with E-state index in [1.165, 1.54) is 18.3 Å². The smallest absolute Gasteiger partial charge is 0.274 e. The maximum Gasteiger partial charge on any atom is 0.274 e. The zero-order valence-corrected chi connectivity index (χ0v) is 15.6. The minimum absolute atomic E-state index is 0.0944. The lowest BCUT2D eigenvalue weighted by atomic mass is 9.90. The molecule has 0 N–H and O–H groups in total. The normalized spacial score (nSPS) is 22.6. The molecule has 1 aromatic carbocycles. The zero-order valence-electron chi connectivity index (χ0n) is 15.6. The summed E-state index contributed by atoms with van der Waals surface area (Å²) in [5, 5.41) is 0. The summed E-state index contributed by atoms with van der Waals surface area (Å²) in [6.45, 7) is 2.93. The van der Waals surface area contributed by atoms with Crippen molar-refractivity contribution in [2.45, 2.75) is 25.4 Å². The number of hydrogen-bond donors (Lipinski definition) is 0. The molecule has 3 heterocycles. The summed E-state index contributed by atoms with van der Waals surface area (Å²) in [6.07, 6.45) is 4.50. The number of aromatic nitrogens is 2. The SMILES string of the molecule is Cc1cnc(C(=O)N2CCCC3(C2)CN(c2cccc(F)c2)C(=O)CO3)cn1. The highest BCUT2D eigenvalue weighted by atomic mass is 19.1. The van der Waals surface area contributed by atoms with Gasteiger partial charge in [-0.25, -0.2) is 9.37 Å². The van der Waals surface area contributed by atoms with Crippen LogP contribution in [0.4, 0.5) is 10.1 Å². The first-order valence-corrected chi connectivity index (χ1v) is 9.24. The predicted molar refractivity (Wildman–Crippen MR) is 99.3 cm³/mol. The van der Waals surface area contributed by atoms with E-state index in [4.69, 9.17) is 4.74 Å². The Balaban J connectivity index is 1.54. The summed E-state index contributed by atoms with van der Waals surface area (Å²) >= 11 is 0. The van der Waals surface area contributed by atoms with Gasteiger partial charge < -0.3 is 14.5 Å². The summed E-state index contributed by atoms with van der Waals surface area (Å²) in [4.78, 5) is 36.8. The second kappa shape index (κ2) is 7.27. The number of piperidine rings is 1. The summed E-state index contributed by atoms with van der Waals surface area (Å²) in [6, 6.07) is 5.96. The van der Waals surface area contributed by atoms with Gasteiger partial charge in [-0.3, -0.25) is 14.6 Å². The highest BCUT2D eigenvalue weighted by Crippen LogP contribution is 2.32. The van der Waals surface area contributed by atoms with Crippen molar-refractivity contribution in [2.24, 2.45) is 0 Å². The van der Waals surface area contributed by atoms with Crippen LogP contribution in [0.1, 0.15) is 29.0 Å². The van der Waals surface area contributed by atoms with Gasteiger partial charge in [-0.05, 0) is 38.0 Å². The lowest BCUT2D eigenvalue weighted by Gasteiger charge is -2.47. The van der Waals surface area contributed by atoms with Gasteiger partial charge in [-0.15, -0.1) is 0 Å². The lowest BCUT2D eigenvalue weighted by Crippen LogP contribution is -2.62. The number of carbonyl (C=O) groups is 2. The molecule has 28 heavy (non-hydrogen) atoms. The van der Waals surface area contributed by atoms with Gasteiger partial charge in [0.25, 0.3) is 11.8 Å². The second-order valence-corrected chi connectivity index (χ2v) is 7.30. The van der Waals surface area contributed by atoms with E-state index in [1.807, 2.05) is 6.92 Å². The van der Waals surface area contributed by atoms with E-state index in [2.05, 4.69) is 9.97 Å². The van der Waals surface area contributed by atoms with Gasteiger partial charge in [0.1, 0.15) is 23.7 Å². The Morgan fingerprint density at radius 2 is 2.11 bits per heavy atom. The van der Waals surface area contributed by atoms with Gasteiger partial charge in [0.15, 0.2) is 0 Å². The van der Waals surface area contributed by atoms with Crippen LogP contribution < -0.4 is 4.90 Å². The highest BCUT2D eigenvalue weighted by Gasteiger charge is 2.44. The number of aryl methyl sites for hydroxylation is 1. The van der Waals surface area contributed by atoms with Gasteiger partial charge in [-0.2, -0.15) is 0 Å². The molecule has 146 valence electrons. The van der Waals surface area contributed by atoms with Crippen LogP contribution in [0, 0.1) is 12.7 Å². The van der Waals surface area contributed by atoms with Crippen LogP contribution in [0.2, 0.25) is 0 Å². The molecule has 0 radical (unpaired) electrons. The van der Waals surface area contributed by atoms with Gasteiger partial charge in [0.05, 0.1) is 25.0 Å². The number of morpholine rings is 1. The second-order valence-electron chi connectivity index (χ2n) is 7.30. The Labute approximate surface area is 162 Å². The van der Waals surface area contributed by atoms with Crippen LogP contribution >= 0.6 is 0 Å². The molecule has 2 aliphatic rings. The average molecular weight is 384 g/mol. The van der Waals surface area contributed by atoms with Crippen LogP contribution in [0.15, 0.2) is 36.7 Å². The van der Waals surface area contributed by atoms with Crippen molar-refractivity contribution >= 4 is 17.5 Å². The van der Waals surface area contributed by atoms with Crippen molar-refractivity contribution < 1.29 is 18.7 Å². The maximum absolute atomic E-state index is 13.6. The lowest BCUT2D eigenvalue weighted by molar-refractivity contribution is -0.144. The van der Waals surface area contributed by atoms with Crippen molar-refractivity contribution in [2.75, 3.05) is 31.1 Å². The molecular weight excluding hydrogens is 363 g/mol. The molecule has 1 aromatic heterocycles. The van der Waals surface area contributed by atoms with Gasteiger partial charge in [0, 0.05) is 18.4 Å². The number of rotatable bonds is 2. The molecule has 7 nitrogen and oxygen atoms in total. The first-order valence-electron chi connectivity index (χ1n) is 9.24. The number of halogens is 1. The predicted octanol–water partition coefficient (Wildman–Crippen LogP) is 1.96. The molecule has 1 spiro atoms. The van der Waals surface area contributed by atoms with E-state index in [9.17, 15) is 14.0 Å². The number of nitrogens with zero attached hydrogens (tertiary/aromatic N) is 4. The Kier molecular flexibility index (Phi) is 4.80. The summed E-state index contributed by atoms with van der Waals surface area (Å²) in [5.74, 6) is -0.822. The van der Waals surface area contributed by atoms with Crippen LogP contribution in [-0.2, 0) is 9.53 Å². The molecule has 2 aliphatic heterocycles. The van der Waals surface area contributed by atoms with E-state index in [-0.39, 0.29) is 30.7 Å². The monoisotopic (exact) mass is 384 g/mol. The van der Waals surface area contributed by atoms with Crippen molar-refractivity contribution in [1.29, 1.82) is 0 Å². The molecule has 1 unspecified atom stereocenters. The Morgan fingerprint density at radius 3 is 2.86 bits per heavy atom. The molecule has 0 aliphatic carbocycles. The average Bonchev–Trinajstić information content (AvgIpc) is 2.70. The number of benzene rings is 1. The number of amides is 2. The van der Waals surface area contributed by atoms with Crippen molar-refractivity contribution in [1.82, 2.24) is 14.9 Å². The van der Waals surface area contributed by atoms with Gasteiger partial charge >= 0.3 is 0 Å². The third kappa shape index (κ3) is 3.60. The van der Waals surface area contributed by atoms with E-state index < -0.39 is 11.4 Å². The fraction of sp³-hybridized carbons (Fsp3) is 0.400. The van der Waals surface area contributed by atoms with E-state index >= 15 is 0 Å². The fourth-order valence-corrected chi connectivity index (χ4v) is 3.78. The van der Waals surface area contributed by atoms with Crippen LogP contribution in [0.5, 0.6) is 0 Å². The summed E-state index contributed by atoms with van der Waals surface area (Å²) in [5.41, 5.74) is 0.857. The molecule has 2 aromatic rings. The molecule has 2 saturated heterocycles. The maximum atomic E-state index is 13.6. The third-order valence-corrected chi connectivity index (χ3v) is 5.20. The molecule has 1 atom stereocenters. The van der Waals surface area contributed by atoms with Crippen LogP contribution in [0.3, 0.4) is 0 Å². The topological polar surface area (TPSA) is 75.6 Å². The van der Waals surface area contributed by atoms with E-state index in [0.29, 0.717) is 18.8 Å². The molecule has 2 fully saturated rings. The minimum atomic E-state index is -0.674. The zero-order chi connectivity index (χ0) is 19.7. The largest absolute Gasteiger partial charge is 0.361 e. The Hall–Kier alpha value is -2.87. The number of hydrogen-bond acceptors (Lipinski definition) is 5. The Bertz CT molecular complexity index is 905. The van der Waals surface area contributed by atoms with Gasteiger partial charge in [0.2, 0.25) is 0 Å². The third-order valence-electron chi connectivity index (χ3n) is 5.20. The van der Waals surface area contributed by atoms with Crippen LogP contribution in [0.25, 0.3) is 0 Å². The molecule has 0 bridgehead atoms. The molecule has 0 saturated carbocycles. The summed E-state index contributed by atoms with van der Waals surface area (Å²) in [7, 11) is 0. The first kappa shape index (κ1) is 18.5. The first-order chi connectivity index (χ1) is 13.5. The standard InChI is InChI=1S/C20H21FN4O3/c1-14-9-23-17(10-22-14)19(27)24-7-3-6-20(12-24)13-25(18(26)11-28-20)16-5-2-4-15(21)8-16/h2,4-5,8-10H,3,6-7,11-13H2,1H3. The molecule has 4 rings (SSSR count). The molecule has 8 heteroatoms. The highest BCUT2D eigenvalue weighted by molar-refractivity contribution is 5.95. The van der Waals surface area contributed by atoms with Crippen LogP contribution in [-0.4, -0.2) is 58.5 Å². The quantitative estimate of drug-likeness (QED) is 0.791. The fourth-order valence-electron chi connectivity index (χ4n) is 3.78. The van der Waals surface area contributed by atoms with E-state index in [1.54, 1.807) is 28.1 Å². The number of anilines is 1. The molecular formula is C20H21FN4O3.